The summed E-state index contributed by atoms with van der Waals surface area (Å²) in [6.07, 6.45) is 11.8. The van der Waals surface area contributed by atoms with E-state index in [-0.39, 0.29) is 5.91 Å². The third-order valence-corrected chi connectivity index (χ3v) is 5.07. The molecular formula is C16H30N2O. The number of carbonyl (C=O) groups is 1. The lowest BCUT2D eigenvalue weighted by atomic mass is 9.75. The first-order valence-electron chi connectivity index (χ1n) is 8.10. The molecule has 0 aromatic carbocycles. The normalized spacial score (nSPS) is 30.8. The number of hydrogen-bond acceptors (Lipinski definition) is 2. The van der Waals surface area contributed by atoms with Gasteiger partial charge in [-0.15, -0.1) is 0 Å². The van der Waals surface area contributed by atoms with Crippen molar-refractivity contribution in [1.29, 1.82) is 0 Å². The zero-order chi connectivity index (χ0) is 13.7. The number of rotatable bonds is 4. The van der Waals surface area contributed by atoms with E-state index < -0.39 is 0 Å². The van der Waals surface area contributed by atoms with E-state index >= 15 is 0 Å². The van der Waals surface area contributed by atoms with E-state index in [1.165, 1.54) is 44.9 Å². The van der Waals surface area contributed by atoms with Gasteiger partial charge in [0.15, 0.2) is 0 Å². The molecule has 0 saturated heterocycles. The molecule has 0 heterocycles. The van der Waals surface area contributed by atoms with Crippen molar-refractivity contribution in [3.8, 4) is 0 Å². The third-order valence-electron chi connectivity index (χ3n) is 5.07. The molecule has 1 amide bonds. The van der Waals surface area contributed by atoms with Crippen molar-refractivity contribution in [1.82, 2.24) is 5.32 Å². The van der Waals surface area contributed by atoms with Gasteiger partial charge in [-0.25, -0.2) is 0 Å². The predicted molar refractivity (Wildman–Crippen MR) is 78.8 cm³/mol. The minimum Gasteiger partial charge on any atom is -0.356 e. The average molecular weight is 266 g/mol. The van der Waals surface area contributed by atoms with Gasteiger partial charge < -0.3 is 11.1 Å². The minimum atomic E-state index is 0.242. The van der Waals surface area contributed by atoms with Gasteiger partial charge in [0, 0.05) is 19.0 Å². The summed E-state index contributed by atoms with van der Waals surface area (Å²) in [6.45, 7) is 3.19. The molecule has 3 nitrogen and oxygen atoms in total. The summed E-state index contributed by atoms with van der Waals surface area (Å²) in [5.41, 5.74) is 6.33. The first-order valence-corrected chi connectivity index (χ1v) is 8.10. The van der Waals surface area contributed by atoms with Crippen LogP contribution in [0.1, 0.15) is 71.1 Å². The molecule has 0 aliphatic heterocycles. The van der Waals surface area contributed by atoms with Gasteiger partial charge in [0.25, 0.3) is 0 Å². The van der Waals surface area contributed by atoms with Gasteiger partial charge in [0.2, 0.25) is 5.91 Å². The smallest absolute Gasteiger partial charge is 0.220 e. The quantitative estimate of drug-likeness (QED) is 0.822. The monoisotopic (exact) mass is 266 g/mol. The molecule has 3 N–H and O–H groups in total. The minimum absolute atomic E-state index is 0.242. The highest BCUT2D eigenvalue weighted by atomic mass is 16.1. The van der Waals surface area contributed by atoms with Crippen LogP contribution in [-0.2, 0) is 4.79 Å². The highest BCUT2D eigenvalue weighted by molar-refractivity contribution is 5.76. The largest absolute Gasteiger partial charge is 0.356 e. The van der Waals surface area contributed by atoms with Gasteiger partial charge in [-0.05, 0) is 43.4 Å². The van der Waals surface area contributed by atoms with Crippen molar-refractivity contribution in [2.45, 2.75) is 77.2 Å². The van der Waals surface area contributed by atoms with Crippen molar-refractivity contribution < 1.29 is 4.79 Å². The van der Waals surface area contributed by atoms with Crippen LogP contribution >= 0.6 is 0 Å². The van der Waals surface area contributed by atoms with E-state index in [9.17, 15) is 4.79 Å². The van der Waals surface area contributed by atoms with Crippen molar-refractivity contribution in [2.24, 2.45) is 17.1 Å². The molecule has 2 fully saturated rings. The highest BCUT2D eigenvalue weighted by Crippen LogP contribution is 2.35. The van der Waals surface area contributed by atoms with Crippen LogP contribution in [0.5, 0.6) is 0 Å². The molecule has 0 spiro atoms. The van der Waals surface area contributed by atoms with E-state index in [2.05, 4.69) is 12.2 Å². The molecule has 2 saturated carbocycles. The van der Waals surface area contributed by atoms with Crippen LogP contribution in [0.3, 0.4) is 0 Å². The molecule has 2 aliphatic carbocycles. The predicted octanol–water partition coefficient (Wildman–Crippen LogP) is 2.98. The van der Waals surface area contributed by atoms with E-state index in [1.54, 1.807) is 0 Å². The molecule has 0 aromatic heterocycles. The fourth-order valence-corrected chi connectivity index (χ4v) is 3.75. The van der Waals surface area contributed by atoms with Crippen LogP contribution in [0, 0.1) is 11.3 Å². The summed E-state index contributed by atoms with van der Waals surface area (Å²) in [6, 6.07) is 0.322. The van der Waals surface area contributed by atoms with E-state index in [0.29, 0.717) is 23.8 Å². The molecule has 0 radical (unpaired) electrons. The maximum atomic E-state index is 12.1. The Morgan fingerprint density at radius 1 is 1.21 bits per heavy atom. The van der Waals surface area contributed by atoms with Crippen LogP contribution in [0.2, 0.25) is 0 Å². The van der Waals surface area contributed by atoms with Gasteiger partial charge >= 0.3 is 0 Å². The lowest BCUT2D eigenvalue weighted by Crippen LogP contribution is -2.38. The van der Waals surface area contributed by atoms with Crippen LogP contribution in [0.25, 0.3) is 0 Å². The Balaban J connectivity index is 1.69. The number of amides is 1. The van der Waals surface area contributed by atoms with Crippen LogP contribution in [0.4, 0.5) is 0 Å². The van der Waals surface area contributed by atoms with Crippen molar-refractivity contribution in [2.75, 3.05) is 6.54 Å². The van der Waals surface area contributed by atoms with Crippen molar-refractivity contribution in [3.05, 3.63) is 0 Å². The lowest BCUT2D eigenvalue weighted by Gasteiger charge is -2.34. The average Bonchev–Trinajstić information content (AvgIpc) is 2.38. The zero-order valence-electron chi connectivity index (χ0n) is 12.4. The Morgan fingerprint density at radius 3 is 2.63 bits per heavy atom. The number of hydrogen-bond donors (Lipinski definition) is 2. The van der Waals surface area contributed by atoms with Gasteiger partial charge in [0.05, 0.1) is 0 Å². The Kier molecular flexibility index (Phi) is 5.26. The summed E-state index contributed by atoms with van der Waals surface area (Å²) >= 11 is 0. The molecule has 0 aromatic rings. The SMILES string of the molecule is CC1(CNC(=O)CC2CCCC(N)C2)CCCCC1. The second kappa shape index (κ2) is 6.74. The van der Waals surface area contributed by atoms with E-state index in [0.717, 1.165) is 19.4 Å². The lowest BCUT2D eigenvalue weighted by molar-refractivity contribution is -0.122. The van der Waals surface area contributed by atoms with Crippen LogP contribution < -0.4 is 11.1 Å². The van der Waals surface area contributed by atoms with Crippen LogP contribution in [0.15, 0.2) is 0 Å². The van der Waals surface area contributed by atoms with E-state index in [4.69, 9.17) is 5.73 Å². The zero-order valence-corrected chi connectivity index (χ0v) is 12.4. The number of nitrogens with one attached hydrogen (secondary N) is 1. The van der Waals surface area contributed by atoms with Gasteiger partial charge in [-0.3, -0.25) is 4.79 Å². The molecule has 19 heavy (non-hydrogen) atoms. The first kappa shape index (κ1) is 14.8. The summed E-state index contributed by atoms with van der Waals surface area (Å²) in [5, 5.41) is 3.18. The maximum Gasteiger partial charge on any atom is 0.220 e. The molecule has 2 unspecified atom stereocenters. The topological polar surface area (TPSA) is 55.1 Å². The van der Waals surface area contributed by atoms with Crippen molar-refractivity contribution in [3.63, 3.8) is 0 Å². The standard InChI is InChI=1S/C16H30N2O/c1-16(8-3-2-4-9-16)12-18-15(19)11-13-6-5-7-14(17)10-13/h13-14H,2-12,17H2,1H3,(H,18,19). The molecule has 2 rings (SSSR count). The Morgan fingerprint density at radius 2 is 1.95 bits per heavy atom. The van der Waals surface area contributed by atoms with Crippen LogP contribution in [-0.4, -0.2) is 18.5 Å². The molecule has 0 bridgehead atoms. The summed E-state index contributed by atoms with van der Waals surface area (Å²) in [4.78, 5) is 12.1. The van der Waals surface area contributed by atoms with Crippen molar-refractivity contribution >= 4 is 5.91 Å². The Hall–Kier alpha value is -0.570. The Bertz CT molecular complexity index is 297. The number of nitrogens with two attached hydrogens (primary N) is 1. The summed E-state index contributed by atoms with van der Waals surface area (Å²) in [5.74, 6) is 0.758. The second-order valence-electron chi connectivity index (χ2n) is 7.14. The maximum absolute atomic E-state index is 12.1. The van der Waals surface area contributed by atoms with E-state index in [1.807, 2.05) is 0 Å². The van der Waals surface area contributed by atoms with Gasteiger partial charge in [-0.2, -0.15) is 0 Å². The molecule has 2 atom stereocenters. The molecule has 2 aliphatic rings. The molecular weight excluding hydrogens is 236 g/mol. The second-order valence-corrected chi connectivity index (χ2v) is 7.14. The fraction of sp³-hybridized carbons (Fsp3) is 0.938. The first-order chi connectivity index (χ1) is 9.07. The fourth-order valence-electron chi connectivity index (χ4n) is 3.75. The highest BCUT2D eigenvalue weighted by Gasteiger charge is 2.28. The van der Waals surface area contributed by atoms with Gasteiger partial charge in [-0.1, -0.05) is 32.6 Å². The third kappa shape index (κ3) is 4.79. The molecule has 3 heteroatoms. The number of carbonyl (C=O) groups excluding carboxylic acids is 1. The molecule has 110 valence electrons. The summed E-state index contributed by atoms with van der Waals surface area (Å²) in [7, 11) is 0. The van der Waals surface area contributed by atoms with Gasteiger partial charge in [0.1, 0.15) is 0 Å². The Labute approximate surface area is 117 Å². The summed E-state index contributed by atoms with van der Waals surface area (Å²) < 4.78 is 0.